The maximum Gasteiger partial charge on any atom is 0.123 e. The zero-order valence-electron chi connectivity index (χ0n) is 14.0. The van der Waals surface area contributed by atoms with Crippen LogP contribution >= 0.6 is 15.9 Å². The topological polar surface area (TPSA) is 8.17 Å². The van der Waals surface area contributed by atoms with Crippen LogP contribution in [0.1, 0.15) is 35.6 Å². The monoisotopic (exact) mass is 398 g/mol. The molecule has 0 aliphatic carbocycles. The third-order valence-corrected chi connectivity index (χ3v) is 6.31. The van der Waals surface area contributed by atoms with E-state index in [4.69, 9.17) is 0 Å². The summed E-state index contributed by atoms with van der Waals surface area (Å²) < 4.78 is 17.5. The van der Waals surface area contributed by atoms with Crippen LogP contribution in [-0.4, -0.2) is 22.6 Å². The van der Waals surface area contributed by atoms with Crippen molar-refractivity contribution in [2.45, 2.75) is 31.8 Å². The Morgan fingerprint density at radius 3 is 2.56 bits per heavy atom. The van der Waals surface area contributed by atoms with Crippen molar-refractivity contribution < 1.29 is 4.39 Å². The highest BCUT2D eigenvalue weighted by molar-refractivity contribution is 9.10. The Bertz CT molecular complexity index is 937. The summed E-state index contributed by atoms with van der Waals surface area (Å²) in [4.78, 5) is 2.52. The van der Waals surface area contributed by atoms with E-state index >= 15 is 0 Å². The van der Waals surface area contributed by atoms with Gasteiger partial charge in [-0.1, -0.05) is 28.1 Å². The Morgan fingerprint density at radius 1 is 1.04 bits per heavy atom. The van der Waals surface area contributed by atoms with Crippen molar-refractivity contribution in [1.82, 2.24) is 9.47 Å². The lowest BCUT2D eigenvalue weighted by atomic mass is 9.94. The molecule has 1 saturated heterocycles. The molecule has 4 heteroatoms. The van der Waals surface area contributed by atoms with Crippen LogP contribution in [0, 0.1) is 5.82 Å². The molecule has 128 valence electrons. The molecule has 0 spiro atoms. The summed E-state index contributed by atoms with van der Waals surface area (Å²) in [6.45, 7) is 4.13. The molecule has 0 radical (unpaired) electrons. The summed E-state index contributed by atoms with van der Waals surface area (Å²) >= 11 is 3.51. The number of fused-ring (bicyclic) bond motifs is 3. The molecule has 25 heavy (non-hydrogen) atoms. The van der Waals surface area contributed by atoms with Gasteiger partial charge in [0.2, 0.25) is 0 Å². The molecule has 0 amide bonds. The van der Waals surface area contributed by atoms with Gasteiger partial charge >= 0.3 is 0 Å². The lowest BCUT2D eigenvalue weighted by Gasteiger charge is -2.27. The summed E-state index contributed by atoms with van der Waals surface area (Å²) in [5, 5.41) is 1.10. The third-order valence-electron chi connectivity index (χ3n) is 5.78. The summed E-state index contributed by atoms with van der Waals surface area (Å²) in [5.74, 6) is 0.461. The predicted molar refractivity (Wildman–Crippen MR) is 102 cm³/mol. The van der Waals surface area contributed by atoms with Crippen LogP contribution < -0.4 is 0 Å². The van der Waals surface area contributed by atoms with Crippen molar-refractivity contribution in [3.63, 3.8) is 0 Å². The zero-order chi connectivity index (χ0) is 17.0. The summed E-state index contributed by atoms with van der Waals surface area (Å²) in [7, 11) is 0. The Labute approximate surface area is 155 Å². The fourth-order valence-electron chi connectivity index (χ4n) is 4.58. The highest BCUT2D eigenvalue weighted by Crippen LogP contribution is 2.41. The van der Waals surface area contributed by atoms with Crippen LogP contribution in [-0.2, 0) is 13.1 Å². The molecule has 1 aromatic heterocycles. The normalized spacial score (nSPS) is 22.2. The first-order valence-corrected chi connectivity index (χ1v) is 9.75. The molecular weight excluding hydrogens is 379 g/mol. The number of piperidine rings is 1. The SMILES string of the molecule is Fc1ccc2c(c1)c1c(n2Cc2ccc(Br)cc2)C2CCN(CC2)C1. The Hall–Kier alpha value is -1.65. The van der Waals surface area contributed by atoms with Crippen LogP contribution in [0.25, 0.3) is 10.9 Å². The second-order valence-corrected chi connectivity index (χ2v) is 8.20. The molecule has 3 aliphatic heterocycles. The van der Waals surface area contributed by atoms with Gasteiger partial charge in [0, 0.05) is 40.1 Å². The molecule has 0 N–H and O–H groups in total. The second-order valence-electron chi connectivity index (χ2n) is 7.29. The van der Waals surface area contributed by atoms with Crippen LogP contribution in [0.3, 0.4) is 0 Å². The zero-order valence-corrected chi connectivity index (χ0v) is 15.6. The Balaban J connectivity index is 1.71. The minimum absolute atomic E-state index is 0.136. The van der Waals surface area contributed by atoms with E-state index in [0.29, 0.717) is 5.92 Å². The van der Waals surface area contributed by atoms with E-state index in [9.17, 15) is 4.39 Å². The number of halogens is 2. The van der Waals surface area contributed by atoms with E-state index < -0.39 is 0 Å². The van der Waals surface area contributed by atoms with E-state index in [0.717, 1.165) is 36.0 Å². The molecule has 2 nitrogen and oxygen atoms in total. The molecule has 4 heterocycles. The largest absolute Gasteiger partial charge is 0.340 e. The number of rotatable bonds is 2. The van der Waals surface area contributed by atoms with E-state index in [1.54, 1.807) is 12.1 Å². The van der Waals surface area contributed by atoms with Gasteiger partial charge in [0.25, 0.3) is 0 Å². The smallest absolute Gasteiger partial charge is 0.123 e. The van der Waals surface area contributed by atoms with Gasteiger partial charge in [-0.2, -0.15) is 0 Å². The number of benzene rings is 2. The average molecular weight is 399 g/mol. The average Bonchev–Trinajstić information content (AvgIpc) is 2.77. The molecule has 2 aromatic carbocycles. The van der Waals surface area contributed by atoms with Crippen molar-refractivity contribution in [1.29, 1.82) is 0 Å². The van der Waals surface area contributed by atoms with Gasteiger partial charge in [0.1, 0.15) is 5.82 Å². The maximum absolute atomic E-state index is 14.0. The molecule has 0 saturated carbocycles. The Morgan fingerprint density at radius 2 is 1.80 bits per heavy atom. The van der Waals surface area contributed by atoms with Crippen LogP contribution in [0.4, 0.5) is 4.39 Å². The minimum atomic E-state index is -0.136. The van der Waals surface area contributed by atoms with E-state index in [2.05, 4.69) is 49.7 Å². The van der Waals surface area contributed by atoms with Crippen molar-refractivity contribution in [2.24, 2.45) is 0 Å². The van der Waals surface area contributed by atoms with Gasteiger partial charge in [-0.3, -0.25) is 4.90 Å². The van der Waals surface area contributed by atoms with Gasteiger partial charge in [0.05, 0.1) is 0 Å². The molecular formula is C21H20BrFN2. The van der Waals surface area contributed by atoms with Crippen molar-refractivity contribution in [3.05, 3.63) is 69.6 Å². The quantitative estimate of drug-likeness (QED) is 0.569. The third kappa shape index (κ3) is 2.63. The first kappa shape index (κ1) is 15.6. The van der Waals surface area contributed by atoms with Gasteiger partial charge in [-0.05, 0) is 67.4 Å². The molecule has 0 atom stereocenters. The molecule has 3 aliphatic rings. The molecule has 1 fully saturated rings. The minimum Gasteiger partial charge on any atom is -0.340 e. The highest BCUT2D eigenvalue weighted by atomic mass is 79.9. The number of aromatic nitrogens is 1. The van der Waals surface area contributed by atoms with Gasteiger partial charge < -0.3 is 4.57 Å². The van der Waals surface area contributed by atoms with Crippen LogP contribution in [0.5, 0.6) is 0 Å². The molecule has 2 bridgehead atoms. The first-order chi connectivity index (χ1) is 12.2. The summed E-state index contributed by atoms with van der Waals surface area (Å²) in [5.41, 5.74) is 5.25. The first-order valence-electron chi connectivity index (χ1n) is 8.96. The second kappa shape index (κ2) is 5.96. The number of hydrogen-bond acceptors (Lipinski definition) is 1. The van der Waals surface area contributed by atoms with Gasteiger partial charge in [0.15, 0.2) is 0 Å². The van der Waals surface area contributed by atoms with E-state index in [1.165, 1.54) is 35.2 Å². The molecule has 0 unspecified atom stereocenters. The van der Waals surface area contributed by atoms with Crippen molar-refractivity contribution in [2.75, 3.05) is 13.1 Å². The summed E-state index contributed by atoms with van der Waals surface area (Å²) in [6.07, 6.45) is 2.43. The van der Waals surface area contributed by atoms with Crippen molar-refractivity contribution in [3.8, 4) is 0 Å². The van der Waals surface area contributed by atoms with E-state index in [-0.39, 0.29) is 5.82 Å². The van der Waals surface area contributed by atoms with Crippen LogP contribution in [0.15, 0.2) is 46.9 Å². The van der Waals surface area contributed by atoms with E-state index in [1.807, 2.05) is 6.07 Å². The Kier molecular flexibility index (Phi) is 3.72. The highest BCUT2D eigenvalue weighted by Gasteiger charge is 2.32. The fraction of sp³-hybridized carbons (Fsp3) is 0.333. The lowest BCUT2D eigenvalue weighted by molar-refractivity contribution is 0.219. The van der Waals surface area contributed by atoms with Crippen LogP contribution in [0.2, 0.25) is 0 Å². The van der Waals surface area contributed by atoms with Gasteiger partial charge in [-0.25, -0.2) is 4.39 Å². The fourth-order valence-corrected chi connectivity index (χ4v) is 4.84. The molecule has 6 rings (SSSR count). The summed E-state index contributed by atoms with van der Waals surface area (Å²) in [6, 6.07) is 13.8. The number of nitrogens with zero attached hydrogens (tertiary/aromatic N) is 2. The van der Waals surface area contributed by atoms with Gasteiger partial charge in [-0.15, -0.1) is 0 Å². The van der Waals surface area contributed by atoms with Crippen molar-refractivity contribution >= 4 is 26.8 Å². The maximum atomic E-state index is 14.0. The predicted octanol–water partition coefficient (Wildman–Crippen LogP) is 5.28. The lowest BCUT2D eigenvalue weighted by Crippen LogP contribution is -2.29. The molecule has 3 aromatic rings. The number of hydrogen-bond donors (Lipinski definition) is 0. The standard InChI is InChI=1S/C21H20BrFN2/c22-16-3-1-14(2-4-16)12-25-20-6-5-17(23)11-18(20)19-13-24-9-7-15(8-10-24)21(19)25/h1-6,11,15H,7-10,12-13H2.